The average Bonchev–Trinajstić information content (AvgIpc) is 3.38. The maximum absolute atomic E-state index is 9.86. The standard InChI is InChI=1S/C23H25N7O2/c1-29-19-6-4-3-5-16(19)26-22(29)17-7-9-25-23(27-17)28-18-11-15(24)20(12-21(18)32-2)30-10-8-14(31)13-30/h3-7,9,11-12,14,31H,8,10,13,24H2,1-2H3,(H,25,27,28)/t14-/m1/s1. The third kappa shape index (κ3) is 3.56. The molecule has 2 aromatic carbocycles. The van der Waals surface area contributed by atoms with Crippen LogP contribution in [0.4, 0.5) is 23.0 Å². The van der Waals surface area contributed by atoms with Crippen LogP contribution in [0.15, 0.2) is 48.7 Å². The van der Waals surface area contributed by atoms with Gasteiger partial charge in [0.05, 0.1) is 41.3 Å². The first-order valence-corrected chi connectivity index (χ1v) is 10.5. The number of β-amino-alcohol motifs (C(OH)–C–C–N with tert-alkyl or cyclic N) is 1. The molecule has 1 fully saturated rings. The topological polar surface area (TPSA) is 114 Å². The van der Waals surface area contributed by atoms with Crippen molar-refractivity contribution in [3.63, 3.8) is 0 Å². The first-order valence-electron chi connectivity index (χ1n) is 10.5. The van der Waals surface area contributed by atoms with Gasteiger partial charge in [0.2, 0.25) is 5.95 Å². The predicted octanol–water partition coefficient (Wildman–Crippen LogP) is 2.94. The molecule has 5 rings (SSSR count). The Morgan fingerprint density at radius 3 is 2.78 bits per heavy atom. The fourth-order valence-corrected chi connectivity index (χ4v) is 4.13. The Bertz CT molecular complexity index is 1290. The highest BCUT2D eigenvalue weighted by Crippen LogP contribution is 2.37. The number of nitrogens with two attached hydrogens (primary N) is 1. The highest BCUT2D eigenvalue weighted by Gasteiger charge is 2.23. The van der Waals surface area contributed by atoms with Crippen molar-refractivity contribution in [1.29, 1.82) is 0 Å². The highest BCUT2D eigenvalue weighted by molar-refractivity contribution is 5.81. The number of anilines is 4. The molecule has 2 aromatic heterocycles. The molecule has 1 aliphatic heterocycles. The number of aryl methyl sites for hydroxylation is 1. The molecule has 0 aliphatic carbocycles. The van der Waals surface area contributed by atoms with Crippen molar-refractivity contribution < 1.29 is 9.84 Å². The molecule has 164 valence electrons. The van der Waals surface area contributed by atoms with Gasteiger partial charge < -0.3 is 30.4 Å². The van der Waals surface area contributed by atoms with Crippen LogP contribution in [0.2, 0.25) is 0 Å². The molecule has 0 amide bonds. The SMILES string of the molecule is COc1cc(N2CC[C@@H](O)C2)c(N)cc1Nc1nccc(-c2nc3ccccc3n2C)n1. The zero-order chi connectivity index (χ0) is 22.2. The number of methoxy groups -OCH3 is 1. The van der Waals surface area contributed by atoms with Gasteiger partial charge in [-0.3, -0.25) is 0 Å². The van der Waals surface area contributed by atoms with Gasteiger partial charge in [0.25, 0.3) is 0 Å². The molecule has 4 N–H and O–H groups in total. The lowest BCUT2D eigenvalue weighted by Gasteiger charge is -2.22. The van der Waals surface area contributed by atoms with Gasteiger partial charge in [-0.15, -0.1) is 0 Å². The number of para-hydroxylation sites is 2. The van der Waals surface area contributed by atoms with Crippen LogP contribution in [0.1, 0.15) is 6.42 Å². The number of aliphatic hydroxyl groups excluding tert-OH is 1. The fraction of sp³-hybridized carbons (Fsp3) is 0.261. The summed E-state index contributed by atoms with van der Waals surface area (Å²) in [7, 11) is 3.58. The molecule has 0 unspecified atom stereocenters. The number of nitrogen functional groups attached to an aromatic ring is 1. The van der Waals surface area contributed by atoms with E-state index in [9.17, 15) is 5.11 Å². The molecule has 0 radical (unpaired) electrons. The van der Waals surface area contributed by atoms with Crippen molar-refractivity contribution in [3.05, 3.63) is 48.7 Å². The van der Waals surface area contributed by atoms with Crippen molar-refractivity contribution in [2.45, 2.75) is 12.5 Å². The molecule has 4 aromatic rings. The number of ether oxygens (including phenoxy) is 1. The van der Waals surface area contributed by atoms with Crippen molar-refractivity contribution in [3.8, 4) is 17.3 Å². The van der Waals surface area contributed by atoms with Crippen LogP contribution in [0.5, 0.6) is 5.75 Å². The summed E-state index contributed by atoms with van der Waals surface area (Å²) in [5, 5.41) is 13.1. The van der Waals surface area contributed by atoms with E-state index in [0.717, 1.165) is 35.5 Å². The number of fused-ring (bicyclic) bond motifs is 1. The van der Waals surface area contributed by atoms with E-state index < -0.39 is 0 Å². The summed E-state index contributed by atoms with van der Waals surface area (Å²) in [5.41, 5.74) is 11.1. The van der Waals surface area contributed by atoms with Crippen LogP contribution in [0, 0.1) is 0 Å². The first kappa shape index (κ1) is 20.1. The van der Waals surface area contributed by atoms with E-state index >= 15 is 0 Å². The van der Waals surface area contributed by atoms with Crippen LogP contribution in [-0.2, 0) is 7.05 Å². The zero-order valence-corrected chi connectivity index (χ0v) is 18.0. The Labute approximate surface area is 185 Å². The Balaban J connectivity index is 1.46. The average molecular weight is 432 g/mol. The Hall–Kier alpha value is -3.85. The van der Waals surface area contributed by atoms with Gasteiger partial charge in [-0.1, -0.05) is 12.1 Å². The van der Waals surface area contributed by atoms with E-state index in [1.54, 1.807) is 13.3 Å². The molecule has 9 nitrogen and oxygen atoms in total. The third-order valence-corrected chi connectivity index (χ3v) is 5.77. The van der Waals surface area contributed by atoms with Gasteiger partial charge in [0, 0.05) is 32.4 Å². The summed E-state index contributed by atoms with van der Waals surface area (Å²) in [6.07, 6.45) is 2.09. The van der Waals surface area contributed by atoms with Crippen LogP contribution in [0.3, 0.4) is 0 Å². The van der Waals surface area contributed by atoms with E-state index in [1.165, 1.54) is 0 Å². The number of aliphatic hydroxyl groups is 1. The Kier molecular flexibility index (Phi) is 5.02. The summed E-state index contributed by atoms with van der Waals surface area (Å²) in [4.78, 5) is 15.8. The molecular formula is C23H25N7O2. The largest absolute Gasteiger partial charge is 0.494 e. The fourth-order valence-electron chi connectivity index (χ4n) is 4.13. The lowest BCUT2D eigenvalue weighted by molar-refractivity contribution is 0.198. The minimum Gasteiger partial charge on any atom is -0.494 e. The number of benzene rings is 2. The molecule has 1 saturated heterocycles. The number of imidazole rings is 1. The summed E-state index contributed by atoms with van der Waals surface area (Å²) < 4.78 is 7.61. The molecule has 3 heterocycles. The van der Waals surface area contributed by atoms with Gasteiger partial charge in [-0.2, -0.15) is 0 Å². The molecule has 1 aliphatic rings. The van der Waals surface area contributed by atoms with Gasteiger partial charge in [-0.25, -0.2) is 15.0 Å². The number of hydrogen-bond acceptors (Lipinski definition) is 8. The van der Waals surface area contributed by atoms with E-state index in [4.69, 9.17) is 15.5 Å². The summed E-state index contributed by atoms with van der Waals surface area (Å²) in [6, 6.07) is 13.5. The van der Waals surface area contributed by atoms with Gasteiger partial charge >= 0.3 is 0 Å². The van der Waals surface area contributed by atoms with Crippen LogP contribution < -0.4 is 20.7 Å². The third-order valence-electron chi connectivity index (χ3n) is 5.77. The second-order valence-corrected chi connectivity index (χ2v) is 7.87. The minimum absolute atomic E-state index is 0.336. The summed E-state index contributed by atoms with van der Waals surface area (Å²) in [5.74, 6) is 1.79. The molecule has 0 spiro atoms. The van der Waals surface area contributed by atoms with Gasteiger partial charge in [0.1, 0.15) is 11.4 Å². The first-order chi connectivity index (χ1) is 15.5. The monoisotopic (exact) mass is 431 g/mol. The van der Waals surface area contributed by atoms with Crippen molar-refractivity contribution in [2.24, 2.45) is 7.05 Å². The molecule has 32 heavy (non-hydrogen) atoms. The van der Waals surface area contributed by atoms with Crippen molar-refractivity contribution in [1.82, 2.24) is 19.5 Å². The molecular weight excluding hydrogens is 406 g/mol. The molecule has 0 saturated carbocycles. The lowest BCUT2D eigenvalue weighted by atomic mass is 10.2. The highest BCUT2D eigenvalue weighted by atomic mass is 16.5. The number of aromatic nitrogens is 4. The van der Waals surface area contributed by atoms with E-state index in [-0.39, 0.29) is 6.10 Å². The number of hydrogen-bond donors (Lipinski definition) is 3. The molecule has 9 heteroatoms. The molecule has 1 atom stereocenters. The minimum atomic E-state index is -0.336. The number of nitrogens with zero attached hydrogens (tertiary/aromatic N) is 5. The predicted molar refractivity (Wildman–Crippen MR) is 125 cm³/mol. The summed E-state index contributed by atoms with van der Waals surface area (Å²) >= 11 is 0. The van der Waals surface area contributed by atoms with E-state index in [2.05, 4.69) is 20.2 Å². The quantitative estimate of drug-likeness (QED) is 0.413. The second kappa shape index (κ2) is 8.01. The van der Waals surface area contributed by atoms with Crippen LogP contribution in [-0.4, -0.2) is 50.9 Å². The van der Waals surface area contributed by atoms with Gasteiger partial charge in [-0.05, 0) is 30.7 Å². The normalized spacial score (nSPS) is 16.0. The Morgan fingerprint density at radius 2 is 2.03 bits per heavy atom. The molecule has 0 bridgehead atoms. The van der Waals surface area contributed by atoms with Crippen LogP contribution in [0.25, 0.3) is 22.6 Å². The van der Waals surface area contributed by atoms with Crippen molar-refractivity contribution >= 4 is 34.0 Å². The maximum Gasteiger partial charge on any atom is 0.227 e. The van der Waals surface area contributed by atoms with Crippen LogP contribution >= 0.6 is 0 Å². The van der Waals surface area contributed by atoms with Crippen molar-refractivity contribution in [2.75, 3.05) is 36.1 Å². The number of nitrogens with one attached hydrogen (secondary N) is 1. The van der Waals surface area contributed by atoms with E-state index in [1.807, 2.05) is 54.1 Å². The lowest BCUT2D eigenvalue weighted by Crippen LogP contribution is -2.22. The second-order valence-electron chi connectivity index (χ2n) is 7.87. The summed E-state index contributed by atoms with van der Waals surface area (Å²) in [6.45, 7) is 1.31. The number of rotatable bonds is 5. The maximum atomic E-state index is 9.86. The van der Waals surface area contributed by atoms with Gasteiger partial charge in [0.15, 0.2) is 5.82 Å². The Morgan fingerprint density at radius 1 is 1.19 bits per heavy atom. The smallest absolute Gasteiger partial charge is 0.227 e. The van der Waals surface area contributed by atoms with E-state index in [0.29, 0.717) is 35.3 Å². The zero-order valence-electron chi connectivity index (χ0n) is 18.0.